The van der Waals surface area contributed by atoms with E-state index in [0.717, 1.165) is 11.1 Å². The lowest BCUT2D eigenvalue weighted by Gasteiger charge is -2.11. The molecule has 3 nitrogen and oxygen atoms in total. The van der Waals surface area contributed by atoms with Gasteiger partial charge in [-0.25, -0.2) is 4.39 Å². The fourth-order valence-corrected chi connectivity index (χ4v) is 2.46. The lowest BCUT2D eigenvalue weighted by molar-refractivity contribution is -0.127. The second kappa shape index (κ2) is 5.74. The highest BCUT2D eigenvalue weighted by Crippen LogP contribution is 2.31. The first kappa shape index (κ1) is 13.9. The van der Waals surface area contributed by atoms with Crippen molar-refractivity contribution < 1.29 is 13.9 Å². The number of benzene rings is 2. The van der Waals surface area contributed by atoms with Crippen LogP contribution in [-0.4, -0.2) is 12.0 Å². The summed E-state index contributed by atoms with van der Waals surface area (Å²) < 4.78 is 18.4. The van der Waals surface area contributed by atoms with E-state index in [9.17, 15) is 9.18 Å². The predicted octanol–water partition coefficient (Wildman–Crippen LogP) is 3.10. The SMILES string of the molecule is O=C(NCc1ccc(F)cc1)[C@H]1Cc2cc(Cl)ccc2O1. The molecule has 1 aliphatic heterocycles. The molecule has 108 valence electrons. The molecule has 2 aromatic rings. The third-order valence-electron chi connectivity index (χ3n) is 3.37. The van der Waals surface area contributed by atoms with Crippen molar-refractivity contribution in [1.29, 1.82) is 0 Å². The van der Waals surface area contributed by atoms with Gasteiger partial charge in [0.15, 0.2) is 6.10 Å². The van der Waals surface area contributed by atoms with Crippen LogP contribution in [0.5, 0.6) is 5.75 Å². The normalized spacial score (nSPS) is 16.2. The minimum Gasteiger partial charge on any atom is -0.480 e. The maximum atomic E-state index is 12.8. The summed E-state index contributed by atoms with van der Waals surface area (Å²) in [5, 5.41) is 3.42. The van der Waals surface area contributed by atoms with Crippen LogP contribution >= 0.6 is 11.6 Å². The molecular formula is C16H13ClFNO2. The Balaban J connectivity index is 1.59. The van der Waals surface area contributed by atoms with Crippen molar-refractivity contribution in [3.8, 4) is 5.75 Å². The van der Waals surface area contributed by atoms with E-state index in [1.165, 1.54) is 12.1 Å². The second-order valence-electron chi connectivity index (χ2n) is 4.91. The number of carbonyl (C=O) groups is 1. The summed E-state index contributed by atoms with van der Waals surface area (Å²) in [4.78, 5) is 12.1. The Morgan fingerprint density at radius 2 is 2.05 bits per heavy atom. The van der Waals surface area contributed by atoms with Crippen LogP contribution in [0.15, 0.2) is 42.5 Å². The van der Waals surface area contributed by atoms with Crippen molar-refractivity contribution in [2.24, 2.45) is 0 Å². The fourth-order valence-electron chi connectivity index (χ4n) is 2.27. The predicted molar refractivity (Wildman–Crippen MR) is 77.8 cm³/mol. The van der Waals surface area contributed by atoms with Gasteiger partial charge < -0.3 is 10.1 Å². The van der Waals surface area contributed by atoms with Gasteiger partial charge in [-0.1, -0.05) is 23.7 Å². The van der Waals surface area contributed by atoms with E-state index in [1.807, 2.05) is 6.07 Å². The average Bonchev–Trinajstić information content (AvgIpc) is 2.89. The summed E-state index contributed by atoms with van der Waals surface area (Å²) in [6.07, 6.45) is -0.0376. The molecule has 0 saturated carbocycles. The molecule has 3 rings (SSSR count). The molecule has 0 unspecified atom stereocenters. The van der Waals surface area contributed by atoms with E-state index >= 15 is 0 Å². The molecule has 1 amide bonds. The molecule has 0 saturated heterocycles. The fraction of sp³-hybridized carbons (Fsp3) is 0.188. The van der Waals surface area contributed by atoms with Crippen LogP contribution in [0.2, 0.25) is 5.02 Å². The van der Waals surface area contributed by atoms with Crippen molar-refractivity contribution in [3.05, 3.63) is 64.4 Å². The van der Waals surface area contributed by atoms with Crippen molar-refractivity contribution in [3.63, 3.8) is 0 Å². The number of hydrogen-bond donors (Lipinski definition) is 1. The summed E-state index contributed by atoms with van der Waals surface area (Å²) in [6.45, 7) is 0.343. The lowest BCUT2D eigenvalue weighted by atomic mass is 10.1. The van der Waals surface area contributed by atoms with Gasteiger partial charge in [0.25, 0.3) is 5.91 Å². The molecule has 2 aromatic carbocycles. The standard InChI is InChI=1S/C16H13ClFNO2/c17-12-3-6-14-11(7-12)8-15(21-14)16(20)19-9-10-1-4-13(18)5-2-10/h1-7,15H,8-9H2,(H,19,20)/t15-/m1/s1. The van der Waals surface area contributed by atoms with Crippen molar-refractivity contribution in [1.82, 2.24) is 5.32 Å². The second-order valence-corrected chi connectivity index (χ2v) is 5.34. The molecule has 1 atom stereocenters. The highest BCUT2D eigenvalue weighted by Gasteiger charge is 2.28. The largest absolute Gasteiger partial charge is 0.480 e. The van der Waals surface area contributed by atoms with E-state index in [0.29, 0.717) is 23.7 Å². The van der Waals surface area contributed by atoms with Gasteiger partial charge >= 0.3 is 0 Å². The lowest BCUT2D eigenvalue weighted by Crippen LogP contribution is -2.37. The summed E-state index contributed by atoms with van der Waals surface area (Å²) in [7, 11) is 0. The number of nitrogens with one attached hydrogen (secondary N) is 1. The zero-order chi connectivity index (χ0) is 14.8. The number of halogens is 2. The quantitative estimate of drug-likeness (QED) is 0.946. The summed E-state index contributed by atoms with van der Waals surface area (Å²) in [5.41, 5.74) is 1.77. The van der Waals surface area contributed by atoms with Gasteiger partial charge in [0.1, 0.15) is 11.6 Å². The molecule has 0 fully saturated rings. The number of fused-ring (bicyclic) bond motifs is 1. The molecule has 1 N–H and O–H groups in total. The van der Waals surface area contributed by atoms with Gasteiger partial charge in [-0.15, -0.1) is 0 Å². The van der Waals surface area contributed by atoms with Gasteiger partial charge in [-0.2, -0.15) is 0 Å². The highest BCUT2D eigenvalue weighted by molar-refractivity contribution is 6.30. The van der Waals surface area contributed by atoms with E-state index in [-0.39, 0.29) is 11.7 Å². The van der Waals surface area contributed by atoms with Crippen molar-refractivity contribution in [2.75, 3.05) is 0 Å². The van der Waals surface area contributed by atoms with E-state index < -0.39 is 6.10 Å². The maximum Gasteiger partial charge on any atom is 0.261 e. The number of rotatable bonds is 3. The molecule has 21 heavy (non-hydrogen) atoms. The number of carbonyl (C=O) groups excluding carboxylic acids is 1. The Kier molecular flexibility index (Phi) is 3.80. The highest BCUT2D eigenvalue weighted by atomic mass is 35.5. The molecule has 0 radical (unpaired) electrons. The van der Waals surface area contributed by atoms with Crippen LogP contribution in [0.1, 0.15) is 11.1 Å². The van der Waals surface area contributed by atoms with Crippen molar-refractivity contribution in [2.45, 2.75) is 19.1 Å². The van der Waals surface area contributed by atoms with Gasteiger partial charge in [0.05, 0.1) is 0 Å². The first-order valence-electron chi connectivity index (χ1n) is 6.59. The zero-order valence-corrected chi connectivity index (χ0v) is 11.9. The zero-order valence-electron chi connectivity index (χ0n) is 11.1. The van der Waals surface area contributed by atoms with Crippen LogP contribution in [0.3, 0.4) is 0 Å². The smallest absolute Gasteiger partial charge is 0.261 e. The molecule has 1 heterocycles. The molecule has 0 aliphatic carbocycles. The monoisotopic (exact) mass is 305 g/mol. The third kappa shape index (κ3) is 3.16. The minimum absolute atomic E-state index is 0.188. The Morgan fingerprint density at radius 1 is 1.29 bits per heavy atom. The topological polar surface area (TPSA) is 38.3 Å². The van der Waals surface area contributed by atoms with Gasteiger partial charge in [-0.3, -0.25) is 4.79 Å². The Bertz CT molecular complexity index is 672. The molecule has 0 aromatic heterocycles. The Morgan fingerprint density at radius 3 is 2.81 bits per heavy atom. The minimum atomic E-state index is -0.543. The summed E-state index contributed by atoms with van der Waals surface area (Å²) >= 11 is 5.92. The summed E-state index contributed by atoms with van der Waals surface area (Å²) in [5.74, 6) is 0.213. The first-order valence-corrected chi connectivity index (χ1v) is 6.97. The Hall–Kier alpha value is -2.07. The van der Waals surface area contributed by atoms with Gasteiger partial charge in [0, 0.05) is 18.0 Å². The maximum absolute atomic E-state index is 12.8. The third-order valence-corrected chi connectivity index (χ3v) is 3.60. The van der Waals surface area contributed by atoms with Crippen LogP contribution in [0.4, 0.5) is 4.39 Å². The van der Waals surface area contributed by atoms with Gasteiger partial charge in [-0.05, 0) is 41.5 Å². The molecule has 0 spiro atoms. The van der Waals surface area contributed by atoms with Gasteiger partial charge in [0.2, 0.25) is 0 Å². The van der Waals surface area contributed by atoms with Crippen molar-refractivity contribution >= 4 is 17.5 Å². The van der Waals surface area contributed by atoms with Crippen LogP contribution in [0.25, 0.3) is 0 Å². The van der Waals surface area contributed by atoms with Crippen LogP contribution in [0, 0.1) is 5.82 Å². The molecule has 0 bridgehead atoms. The number of hydrogen-bond acceptors (Lipinski definition) is 2. The van der Waals surface area contributed by atoms with E-state index in [1.54, 1.807) is 24.3 Å². The number of ether oxygens (including phenoxy) is 1. The molecule has 1 aliphatic rings. The van der Waals surface area contributed by atoms with Crippen LogP contribution in [-0.2, 0) is 17.8 Å². The summed E-state index contributed by atoms with van der Waals surface area (Å²) in [6, 6.07) is 11.3. The Labute approximate surface area is 126 Å². The number of amides is 1. The first-order chi connectivity index (χ1) is 10.1. The van der Waals surface area contributed by atoms with E-state index in [2.05, 4.69) is 5.32 Å². The average molecular weight is 306 g/mol. The molecule has 5 heteroatoms. The van der Waals surface area contributed by atoms with Crippen LogP contribution < -0.4 is 10.1 Å². The molecular weight excluding hydrogens is 293 g/mol. The van der Waals surface area contributed by atoms with E-state index in [4.69, 9.17) is 16.3 Å².